The molecule has 2 aromatic carbocycles. The maximum absolute atomic E-state index is 6.13. The fourth-order valence-corrected chi connectivity index (χ4v) is 3.45. The van der Waals surface area contributed by atoms with Gasteiger partial charge in [-0.25, -0.2) is 4.98 Å². The molecule has 104 valence electrons. The molecule has 0 unspecified atom stereocenters. The molecule has 1 aliphatic rings. The van der Waals surface area contributed by atoms with Crippen LogP contribution in [0.5, 0.6) is 11.5 Å². The lowest BCUT2D eigenvalue weighted by Crippen LogP contribution is -1.92. The van der Waals surface area contributed by atoms with Gasteiger partial charge in [-0.15, -0.1) is 11.3 Å². The number of hydrogen-bond acceptors (Lipinski definition) is 4. The van der Waals surface area contributed by atoms with Gasteiger partial charge in [0.05, 0.1) is 10.6 Å². The Morgan fingerprint density at radius 2 is 1.76 bits per heavy atom. The summed E-state index contributed by atoms with van der Waals surface area (Å²) >= 11 is 7.60. The first-order valence-electron chi connectivity index (χ1n) is 6.43. The third-order valence-corrected chi connectivity index (χ3v) is 4.49. The van der Waals surface area contributed by atoms with Crippen LogP contribution in [-0.2, 0) is 0 Å². The van der Waals surface area contributed by atoms with Gasteiger partial charge in [-0.1, -0.05) is 41.9 Å². The Hall–Kier alpha value is -2.04. The van der Waals surface area contributed by atoms with Crippen LogP contribution in [0, 0.1) is 0 Å². The number of nitrogens with zero attached hydrogens (tertiary/aromatic N) is 1. The van der Waals surface area contributed by atoms with Gasteiger partial charge < -0.3 is 9.47 Å². The van der Waals surface area contributed by atoms with Gasteiger partial charge in [-0.3, -0.25) is 0 Å². The van der Waals surface area contributed by atoms with E-state index in [0.717, 1.165) is 33.2 Å². The molecular formula is C16H10ClNO2S. The average molecular weight is 316 g/mol. The molecule has 2 heterocycles. The summed E-state index contributed by atoms with van der Waals surface area (Å²) in [5.74, 6) is 1.53. The van der Waals surface area contributed by atoms with Crippen LogP contribution in [0.3, 0.4) is 0 Å². The van der Waals surface area contributed by atoms with Gasteiger partial charge >= 0.3 is 0 Å². The van der Waals surface area contributed by atoms with E-state index in [2.05, 4.69) is 4.98 Å². The molecule has 0 atom stereocenters. The highest BCUT2D eigenvalue weighted by molar-refractivity contribution is 7.19. The maximum atomic E-state index is 6.13. The molecule has 0 saturated heterocycles. The second-order valence-corrected chi connectivity index (χ2v) is 6.16. The number of rotatable bonds is 2. The molecule has 0 amide bonds. The lowest BCUT2D eigenvalue weighted by Gasteiger charge is -2.04. The van der Waals surface area contributed by atoms with Gasteiger partial charge in [0.15, 0.2) is 16.0 Å². The summed E-state index contributed by atoms with van der Waals surface area (Å²) in [6.07, 6.45) is 0. The highest BCUT2D eigenvalue weighted by atomic mass is 35.5. The van der Waals surface area contributed by atoms with E-state index in [0.29, 0.717) is 4.47 Å². The molecule has 0 radical (unpaired) electrons. The normalized spacial score (nSPS) is 12.6. The van der Waals surface area contributed by atoms with Crippen LogP contribution in [0.25, 0.3) is 21.7 Å². The Balaban J connectivity index is 1.86. The summed E-state index contributed by atoms with van der Waals surface area (Å²) in [6, 6.07) is 15.9. The van der Waals surface area contributed by atoms with E-state index in [4.69, 9.17) is 21.1 Å². The fourth-order valence-electron chi connectivity index (χ4n) is 2.32. The summed E-state index contributed by atoms with van der Waals surface area (Å²) in [4.78, 5) is 5.49. The Morgan fingerprint density at radius 3 is 2.62 bits per heavy atom. The SMILES string of the molecule is Clc1nc(-c2ccccc2)c(-c2ccc3c(c2)OCO3)s1. The molecule has 4 rings (SSSR count). The zero-order valence-electron chi connectivity index (χ0n) is 10.9. The van der Waals surface area contributed by atoms with E-state index in [1.807, 2.05) is 48.5 Å². The van der Waals surface area contributed by atoms with E-state index in [1.54, 1.807) is 0 Å². The van der Waals surface area contributed by atoms with E-state index < -0.39 is 0 Å². The summed E-state index contributed by atoms with van der Waals surface area (Å²) in [5.41, 5.74) is 2.97. The molecule has 1 aromatic heterocycles. The molecule has 5 heteroatoms. The van der Waals surface area contributed by atoms with Gasteiger partial charge in [0.25, 0.3) is 0 Å². The van der Waals surface area contributed by atoms with Crippen molar-refractivity contribution in [3.8, 4) is 33.2 Å². The molecule has 0 bridgehead atoms. The lowest BCUT2D eigenvalue weighted by atomic mass is 10.1. The first-order valence-corrected chi connectivity index (χ1v) is 7.62. The van der Waals surface area contributed by atoms with Crippen LogP contribution in [0.4, 0.5) is 0 Å². The largest absolute Gasteiger partial charge is 0.454 e. The van der Waals surface area contributed by atoms with Gasteiger partial charge in [-0.2, -0.15) is 0 Å². The second kappa shape index (κ2) is 5.06. The molecular weight excluding hydrogens is 306 g/mol. The highest BCUT2D eigenvalue weighted by Gasteiger charge is 2.18. The number of benzene rings is 2. The van der Waals surface area contributed by atoms with Crippen LogP contribution >= 0.6 is 22.9 Å². The molecule has 1 aliphatic heterocycles. The summed E-state index contributed by atoms with van der Waals surface area (Å²) in [7, 11) is 0. The Labute approximate surface area is 130 Å². The molecule has 0 fully saturated rings. The minimum absolute atomic E-state index is 0.272. The standard InChI is InChI=1S/C16H10ClNO2S/c17-16-18-14(10-4-2-1-3-5-10)15(21-16)11-6-7-12-13(8-11)20-9-19-12/h1-8H,9H2. The van der Waals surface area contributed by atoms with Crippen molar-refractivity contribution in [1.29, 1.82) is 0 Å². The van der Waals surface area contributed by atoms with Crippen LogP contribution in [0.1, 0.15) is 0 Å². The first-order chi connectivity index (χ1) is 10.3. The summed E-state index contributed by atoms with van der Waals surface area (Å²) in [6.45, 7) is 0.272. The highest BCUT2D eigenvalue weighted by Crippen LogP contribution is 2.42. The third kappa shape index (κ3) is 2.26. The fraction of sp³-hybridized carbons (Fsp3) is 0.0625. The monoisotopic (exact) mass is 315 g/mol. The lowest BCUT2D eigenvalue weighted by molar-refractivity contribution is 0.174. The van der Waals surface area contributed by atoms with Gasteiger partial charge in [-0.05, 0) is 23.8 Å². The number of halogens is 1. The Morgan fingerprint density at radius 1 is 0.952 bits per heavy atom. The van der Waals surface area contributed by atoms with Crippen molar-refractivity contribution in [2.75, 3.05) is 6.79 Å². The zero-order chi connectivity index (χ0) is 14.2. The summed E-state index contributed by atoms with van der Waals surface area (Å²) in [5, 5.41) is 0. The van der Waals surface area contributed by atoms with Crippen molar-refractivity contribution in [1.82, 2.24) is 4.98 Å². The number of aromatic nitrogens is 1. The minimum atomic E-state index is 0.272. The molecule has 0 aliphatic carbocycles. The van der Waals surface area contributed by atoms with E-state index in [-0.39, 0.29) is 6.79 Å². The van der Waals surface area contributed by atoms with E-state index >= 15 is 0 Å². The maximum Gasteiger partial charge on any atom is 0.231 e. The predicted octanol–water partition coefficient (Wildman–Crippen LogP) is 4.86. The number of ether oxygens (including phenoxy) is 2. The number of hydrogen-bond donors (Lipinski definition) is 0. The quantitative estimate of drug-likeness (QED) is 0.677. The van der Waals surface area contributed by atoms with Crippen molar-refractivity contribution in [2.24, 2.45) is 0 Å². The second-order valence-electron chi connectivity index (χ2n) is 4.58. The number of thiazole rings is 1. The minimum Gasteiger partial charge on any atom is -0.454 e. The van der Waals surface area contributed by atoms with Crippen LogP contribution in [-0.4, -0.2) is 11.8 Å². The Bertz CT molecular complexity index is 801. The predicted molar refractivity (Wildman–Crippen MR) is 84.1 cm³/mol. The van der Waals surface area contributed by atoms with Gasteiger partial charge in [0.1, 0.15) is 0 Å². The zero-order valence-corrected chi connectivity index (χ0v) is 12.4. The van der Waals surface area contributed by atoms with Crippen molar-refractivity contribution >= 4 is 22.9 Å². The first kappa shape index (κ1) is 12.7. The van der Waals surface area contributed by atoms with Gasteiger partial charge in [0, 0.05) is 5.56 Å². The van der Waals surface area contributed by atoms with Crippen molar-refractivity contribution in [3.63, 3.8) is 0 Å². The molecule has 0 saturated carbocycles. The molecule has 21 heavy (non-hydrogen) atoms. The van der Waals surface area contributed by atoms with Crippen molar-refractivity contribution in [3.05, 3.63) is 53.0 Å². The van der Waals surface area contributed by atoms with Gasteiger partial charge in [0.2, 0.25) is 6.79 Å². The molecule has 3 nitrogen and oxygen atoms in total. The topological polar surface area (TPSA) is 31.4 Å². The van der Waals surface area contributed by atoms with Crippen molar-refractivity contribution in [2.45, 2.75) is 0 Å². The third-order valence-electron chi connectivity index (χ3n) is 3.28. The number of fused-ring (bicyclic) bond motifs is 1. The Kier molecular flexibility index (Phi) is 3.05. The average Bonchev–Trinajstić information content (AvgIpc) is 3.13. The summed E-state index contributed by atoms with van der Waals surface area (Å²) < 4.78 is 11.3. The molecule has 3 aromatic rings. The van der Waals surface area contributed by atoms with E-state index in [9.17, 15) is 0 Å². The van der Waals surface area contributed by atoms with Crippen LogP contribution in [0.2, 0.25) is 4.47 Å². The van der Waals surface area contributed by atoms with Crippen molar-refractivity contribution < 1.29 is 9.47 Å². The molecule has 0 spiro atoms. The van der Waals surface area contributed by atoms with E-state index in [1.165, 1.54) is 11.3 Å². The van der Waals surface area contributed by atoms with Crippen LogP contribution in [0.15, 0.2) is 48.5 Å². The smallest absolute Gasteiger partial charge is 0.231 e. The van der Waals surface area contributed by atoms with Crippen LogP contribution < -0.4 is 9.47 Å². The molecule has 0 N–H and O–H groups in total.